The Bertz CT molecular complexity index is 1790. The molecule has 206 valence electrons. The molecule has 0 aliphatic heterocycles. The third-order valence-electron chi connectivity index (χ3n) is 7.99. The summed E-state index contributed by atoms with van der Waals surface area (Å²) in [4.78, 5) is 33.6. The first kappa shape index (κ1) is 26.0. The fourth-order valence-electron chi connectivity index (χ4n) is 6.04. The molecule has 2 heterocycles. The average molecular weight is 559 g/mol. The number of fused-ring (bicyclic) bond motifs is 3. The molecule has 7 rings (SSSR count). The van der Waals surface area contributed by atoms with Crippen molar-refractivity contribution in [1.82, 2.24) is 9.97 Å². The Morgan fingerprint density at radius 2 is 0.837 bits per heavy atom. The van der Waals surface area contributed by atoms with Crippen LogP contribution in [0.25, 0.3) is 11.1 Å². The molecule has 2 amide bonds. The summed E-state index contributed by atoms with van der Waals surface area (Å²) in [5, 5.41) is 5.99. The highest BCUT2D eigenvalue weighted by molar-refractivity contribution is 6.05. The molecule has 43 heavy (non-hydrogen) atoms. The maximum atomic E-state index is 12.8. The second-order valence-corrected chi connectivity index (χ2v) is 10.4. The number of nitrogens with one attached hydrogen (secondary N) is 2. The van der Waals surface area contributed by atoms with E-state index in [4.69, 9.17) is 0 Å². The van der Waals surface area contributed by atoms with Crippen molar-refractivity contribution in [1.29, 1.82) is 0 Å². The standard InChI is InChI=1S/C37H26N4O2/c42-35(25-17-21-38-22-18-25)40-29-13-9-27(10-14-29)37(33-7-3-1-5-31(33)32-6-2-4-8-34(32)37)28-11-15-30(16-12-28)41-36(43)26-19-23-39-24-20-26/h1-24H,(H,40,42)(H,41,43). The van der Waals surface area contributed by atoms with Crippen LogP contribution in [0.1, 0.15) is 43.0 Å². The van der Waals surface area contributed by atoms with Crippen LogP contribution in [0.5, 0.6) is 0 Å². The third kappa shape index (κ3) is 4.55. The van der Waals surface area contributed by atoms with Crippen molar-refractivity contribution in [3.63, 3.8) is 0 Å². The zero-order valence-corrected chi connectivity index (χ0v) is 23.1. The molecule has 0 bridgehead atoms. The first-order chi connectivity index (χ1) is 21.1. The molecule has 6 nitrogen and oxygen atoms in total. The van der Waals surface area contributed by atoms with E-state index in [1.54, 1.807) is 49.1 Å². The predicted molar refractivity (Wildman–Crippen MR) is 168 cm³/mol. The lowest BCUT2D eigenvalue weighted by Gasteiger charge is -2.34. The quantitative estimate of drug-likeness (QED) is 0.224. The normalized spacial score (nSPS) is 12.6. The molecular formula is C37H26N4O2. The molecule has 0 spiro atoms. The topological polar surface area (TPSA) is 84.0 Å². The van der Waals surface area contributed by atoms with Gasteiger partial charge in [-0.15, -0.1) is 0 Å². The van der Waals surface area contributed by atoms with Crippen LogP contribution in [0.2, 0.25) is 0 Å². The van der Waals surface area contributed by atoms with E-state index in [9.17, 15) is 9.59 Å². The van der Waals surface area contributed by atoms with Crippen LogP contribution >= 0.6 is 0 Å². The maximum Gasteiger partial charge on any atom is 0.255 e. The summed E-state index contributed by atoms with van der Waals surface area (Å²) in [7, 11) is 0. The first-order valence-corrected chi connectivity index (χ1v) is 14.0. The van der Waals surface area contributed by atoms with Gasteiger partial charge in [-0.3, -0.25) is 19.6 Å². The summed E-state index contributed by atoms with van der Waals surface area (Å²) in [5.41, 5.74) is 8.76. The van der Waals surface area contributed by atoms with Gasteiger partial charge in [-0.2, -0.15) is 0 Å². The van der Waals surface area contributed by atoms with Gasteiger partial charge in [0.1, 0.15) is 0 Å². The summed E-state index contributed by atoms with van der Waals surface area (Å²) >= 11 is 0. The minimum atomic E-state index is -0.603. The molecule has 6 aromatic rings. The van der Waals surface area contributed by atoms with E-state index < -0.39 is 5.41 Å². The van der Waals surface area contributed by atoms with Crippen molar-refractivity contribution < 1.29 is 9.59 Å². The largest absolute Gasteiger partial charge is 0.322 e. The number of carbonyl (C=O) groups is 2. The lowest BCUT2D eigenvalue weighted by molar-refractivity contribution is 0.101. The summed E-state index contributed by atoms with van der Waals surface area (Å²) in [6, 6.07) is 39.9. The number of nitrogens with zero attached hydrogens (tertiary/aromatic N) is 2. The fraction of sp³-hybridized carbons (Fsp3) is 0.0270. The van der Waals surface area contributed by atoms with Gasteiger partial charge in [0.2, 0.25) is 0 Å². The van der Waals surface area contributed by atoms with Crippen molar-refractivity contribution in [2.45, 2.75) is 5.41 Å². The Hall–Kier alpha value is -5.88. The molecule has 0 unspecified atom stereocenters. The van der Waals surface area contributed by atoms with Crippen molar-refractivity contribution in [2.24, 2.45) is 0 Å². The maximum absolute atomic E-state index is 12.8. The van der Waals surface area contributed by atoms with Crippen LogP contribution < -0.4 is 10.6 Å². The Morgan fingerprint density at radius 3 is 1.23 bits per heavy atom. The van der Waals surface area contributed by atoms with Gasteiger partial charge < -0.3 is 10.6 Å². The summed E-state index contributed by atoms with van der Waals surface area (Å²) in [6.07, 6.45) is 6.42. The monoisotopic (exact) mass is 558 g/mol. The van der Waals surface area contributed by atoms with Crippen LogP contribution in [-0.4, -0.2) is 21.8 Å². The number of aromatic nitrogens is 2. The zero-order valence-electron chi connectivity index (χ0n) is 23.1. The second-order valence-electron chi connectivity index (χ2n) is 10.4. The lowest BCUT2D eigenvalue weighted by Crippen LogP contribution is -2.28. The van der Waals surface area contributed by atoms with E-state index in [0.29, 0.717) is 22.5 Å². The van der Waals surface area contributed by atoms with Crippen LogP contribution in [0.4, 0.5) is 11.4 Å². The van der Waals surface area contributed by atoms with Crippen molar-refractivity contribution in [3.8, 4) is 11.1 Å². The Kier molecular flexibility index (Phi) is 6.56. The first-order valence-electron chi connectivity index (χ1n) is 14.0. The van der Waals surface area contributed by atoms with Gasteiger partial charge in [0.25, 0.3) is 11.8 Å². The van der Waals surface area contributed by atoms with Crippen LogP contribution in [0.15, 0.2) is 146 Å². The highest BCUT2D eigenvalue weighted by Gasteiger charge is 2.45. The molecule has 2 N–H and O–H groups in total. The van der Waals surface area contributed by atoms with Crippen molar-refractivity contribution in [2.75, 3.05) is 10.6 Å². The van der Waals surface area contributed by atoms with Gasteiger partial charge in [-0.05, 0) is 81.9 Å². The number of hydrogen-bond donors (Lipinski definition) is 2. The molecule has 2 aromatic heterocycles. The number of carbonyl (C=O) groups excluding carboxylic acids is 2. The van der Waals surface area contributed by atoms with Gasteiger partial charge in [-0.1, -0.05) is 72.8 Å². The number of amides is 2. The Balaban J connectivity index is 1.30. The fourth-order valence-corrected chi connectivity index (χ4v) is 6.04. The molecule has 1 aliphatic carbocycles. The Morgan fingerprint density at radius 1 is 0.465 bits per heavy atom. The predicted octanol–water partition coefficient (Wildman–Crippen LogP) is 7.34. The van der Waals surface area contributed by atoms with Gasteiger partial charge in [0.15, 0.2) is 0 Å². The van der Waals surface area contributed by atoms with Crippen molar-refractivity contribution in [3.05, 3.63) is 179 Å². The molecule has 0 radical (unpaired) electrons. The molecular weight excluding hydrogens is 532 g/mol. The molecule has 6 heteroatoms. The number of benzene rings is 4. The van der Waals surface area contributed by atoms with Crippen molar-refractivity contribution >= 4 is 23.2 Å². The third-order valence-corrected chi connectivity index (χ3v) is 7.99. The minimum Gasteiger partial charge on any atom is -0.322 e. The van der Waals surface area contributed by atoms with Gasteiger partial charge >= 0.3 is 0 Å². The number of anilines is 2. The highest BCUT2D eigenvalue weighted by atomic mass is 16.2. The lowest BCUT2D eigenvalue weighted by atomic mass is 9.67. The number of pyridine rings is 2. The van der Waals surface area contributed by atoms with Gasteiger partial charge in [0, 0.05) is 47.3 Å². The minimum absolute atomic E-state index is 0.189. The van der Waals surface area contributed by atoms with E-state index in [0.717, 1.165) is 11.1 Å². The van der Waals surface area contributed by atoms with Gasteiger partial charge in [0.05, 0.1) is 5.41 Å². The van der Waals surface area contributed by atoms with Crippen LogP contribution in [-0.2, 0) is 5.41 Å². The highest BCUT2D eigenvalue weighted by Crippen LogP contribution is 2.56. The molecule has 0 fully saturated rings. The summed E-state index contributed by atoms with van der Waals surface area (Å²) < 4.78 is 0. The van der Waals surface area contributed by atoms with E-state index in [1.165, 1.54) is 22.3 Å². The molecule has 0 saturated carbocycles. The van der Waals surface area contributed by atoms with Gasteiger partial charge in [-0.25, -0.2) is 0 Å². The molecule has 0 atom stereocenters. The summed E-state index contributed by atoms with van der Waals surface area (Å²) in [6.45, 7) is 0. The number of hydrogen-bond acceptors (Lipinski definition) is 4. The van der Waals surface area contributed by atoms with E-state index >= 15 is 0 Å². The molecule has 1 aliphatic rings. The number of rotatable bonds is 6. The zero-order chi connectivity index (χ0) is 29.2. The molecule has 4 aromatic carbocycles. The van der Waals surface area contributed by atoms with Crippen LogP contribution in [0, 0.1) is 0 Å². The Labute approximate surface area is 249 Å². The van der Waals surface area contributed by atoms with E-state index in [1.807, 2.05) is 24.3 Å². The summed E-state index contributed by atoms with van der Waals surface area (Å²) in [5.74, 6) is -0.378. The van der Waals surface area contributed by atoms with E-state index in [2.05, 4.69) is 93.4 Å². The SMILES string of the molecule is O=C(Nc1ccc(C2(c3ccc(NC(=O)c4ccncc4)cc3)c3ccccc3-c3ccccc32)cc1)c1ccncc1. The van der Waals surface area contributed by atoms with E-state index in [-0.39, 0.29) is 11.8 Å². The average Bonchev–Trinajstić information content (AvgIpc) is 3.37. The van der Waals surface area contributed by atoms with Crippen LogP contribution in [0.3, 0.4) is 0 Å². The second kappa shape index (κ2) is 10.8. The smallest absolute Gasteiger partial charge is 0.255 e. The molecule has 0 saturated heterocycles.